The van der Waals surface area contributed by atoms with Gasteiger partial charge in [-0.25, -0.2) is 21.2 Å². The molecule has 0 unspecified atom stereocenters. The first kappa shape index (κ1) is 27.6. The number of carbonyl (C=O) groups excluding carboxylic acids is 1. The van der Waals surface area contributed by atoms with Gasteiger partial charge in [0.25, 0.3) is 10.0 Å². The Hall–Kier alpha value is -3.48. The highest BCUT2D eigenvalue weighted by Crippen LogP contribution is 2.28. The molecular formula is C26H28FN3O6S2. The van der Waals surface area contributed by atoms with Gasteiger partial charge in [0.05, 0.1) is 22.6 Å². The van der Waals surface area contributed by atoms with Crippen LogP contribution in [-0.2, 0) is 24.8 Å². The Labute approximate surface area is 222 Å². The van der Waals surface area contributed by atoms with E-state index in [1.807, 2.05) is 6.92 Å². The molecule has 1 amide bonds. The van der Waals surface area contributed by atoms with Crippen molar-refractivity contribution in [2.45, 2.75) is 16.7 Å². The third-order valence-corrected chi connectivity index (χ3v) is 9.98. The Morgan fingerprint density at radius 2 is 1.45 bits per heavy atom. The van der Waals surface area contributed by atoms with Crippen molar-refractivity contribution in [1.82, 2.24) is 9.21 Å². The minimum Gasteiger partial charge on any atom is -0.497 e. The molecule has 1 heterocycles. The molecule has 0 radical (unpaired) electrons. The van der Waals surface area contributed by atoms with Crippen molar-refractivity contribution in [3.8, 4) is 5.75 Å². The number of halogens is 1. The molecule has 0 atom stereocenters. The van der Waals surface area contributed by atoms with Gasteiger partial charge in [0.1, 0.15) is 18.1 Å². The summed E-state index contributed by atoms with van der Waals surface area (Å²) in [5, 5.41) is 0. The molecule has 12 heteroatoms. The monoisotopic (exact) mass is 561 g/mol. The number of anilines is 1. The summed E-state index contributed by atoms with van der Waals surface area (Å²) < 4.78 is 74.9. The van der Waals surface area contributed by atoms with E-state index in [1.54, 1.807) is 24.3 Å². The summed E-state index contributed by atoms with van der Waals surface area (Å²) in [5.74, 6) is -0.931. The molecule has 3 aromatic carbocycles. The standard InChI is InChI=1S/C26H28FN3O6S2/c1-20-7-11-22(12-8-20)37(32,33)29-17-15-28(16-18-29)26(31)19-30(25-6-4-3-5-24(25)27)38(34,35)23-13-9-21(36-2)10-14-23/h3-14H,15-19H2,1-2H3. The largest absolute Gasteiger partial charge is 0.497 e. The lowest BCUT2D eigenvalue weighted by molar-refractivity contribution is -0.130. The number of amides is 1. The highest BCUT2D eigenvalue weighted by Gasteiger charge is 2.34. The molecular weight excluding hydrogens is 533 g/mol. The third kappa shape index (κ3) is 5.66. The lowest BCUT2D eigenvalue weighted by Crippen LogP contribution is -2.53. The van der Waals surface area contributed by atoms with Crippen LogP contribution in [0.5, 0.6) is 5.75 Å². The van der Waals surface area contributed by atoms with Gasteiger partial charge in [0, 0.05) is 26.2 Å². The van der Waals surface area contributed by atoms with E-state index >= 15 is 0 Å². The Balaban J connectivity index is 1.53. The molecule has 0 bridgehead atoms. The number of nitrogens with zero attached hydrogens (tertiary/aromatic N) is 3. The summed E-state index contributed by atoms with van der Waals surface area (Å²) in [5.41, 5.74) is 0.667. The molecule has 38 heavy (non-hydrogen) atoms. The topological polar surface area (TPSA) is 104 Å². The molecule has 1 aliphatic heterocycles. The quantitative estimate of drug-likeness (QED) is 0.419. The second-order valence-electron chi connectivity index (χ2n) is 8.74. The minimum atomic E-state index is -4.32. The van der Waals surface area contributed by atoms with Crippen molar-refractivity contribution in [3.05, 3.63) is 84.2 Å². The first-order valence-corrected chi connectivity index (χ1v) is 14.7. The number of rotatable bonds is 8. The van der Waals surface area contributed by atoms with Crippen LogP contribution in [-0.4, -0.2) is 71.8 Å². The number of sulfonamides is 2. The van der Waals surface area contributed by atoms with Crippen LogP contribution >= 0.6 is 0 Å². The number of benzene rings is 3. The summed E-state index contributed by atoms with van der Waals surface area (Å²) in [6, 6.07) is 17.4. The Kier molecular flexibility index (Phi) is 8.05. The molecule has 1 aliphatic rings. The van der Waals surface area contributed by atoms with Crippen LogP contribution in [0.2, 0.25) is 0 Å². The maximum absolute atomic E-state index is 14.7. The highest BCUT2D eigenvalue weighted by atomic mass is 32.2. The number of ether oxygens (including phenoxy) is 1. The van der Waals surface area contributed by atoms with Crippen molar-refractivity contribution in [2.24, 2.45) is 0 Å². The zero-order chi connectivity index (χ0) is 27.5. The third-order valence-electron chi connectivity index (χ3n) is 6.30. The van der Waals surface area contributed by atoms with Crippen LogP contribution in [0.25, 0.3) is 0 Å². The number of hydrogen-bond donors (Lipinski definition) is 0. The van der Waals surface area contributed by atoms with E-state index < -0.39 is 38.3 Å². The van der Waals surface area contributed by atoms with E-state index in [0.717, 1.165) is 15.9 Å². The number of hydrogen-bond acceptors (Lipinski definition) is 6. The number of carbonyl (C=O) groups is 1. The molecule has 4 rings (SSSR count). The van der Waals surface area contributed by atoms with Gasteiger partial charge in [-0.3, -0.25) is 9.10 Å². The normalized spacial score (nSPS) is 14.8. The number of methoxy groups -OCH3 is 1. The molecule has 0 saturated carbocycles. The Bertz CT molecular complexity index is 1500. The molecule has 0 N–H and O–H groups in total. The fourth-order valence-electron chi connectivity index (χ4n) is 4.09. The van der Waals surface area contributed by atoms with Gasteiger partial charge >= 0.3 is 0 Å². The summed E-state index contributed by atoms with van der Waals surface area (Å²) in [6.07, 6.45) is 0. The lowest BCUT2D eigenvalue weighted by Gasteiger charge is -2.35. The van der Waals surface area contributed by atoms with Crippen LogP contribution in [0.4, 0.5) is 10.1 Å². The first-order valence-electron chi connectivity index (χ1n) is 11.8. The predicted octanol–water partition coefficient (Wildman–Crippen LogP) is 2.87. The second kappa shape index (κ2) is 11.1. The van der Waals surface area contributed by atoms with E-state index in [2.05, 4.69) is 0 Å². The van der Waals surface area contributed by atoms with E-state index in [0.29, 0.717) is 5.75 Å². The fourth-order valence-corrected chi connectivity index (χ4v) is 6.93. The van der Waals surface area contributed by atoms with Crippen LogP contribution in [0.3, 0.4) is 0 Å². The molecule has 3 aromatic rings. The van der Waals surface area contributed by atoms with Gasteiger partial charge in [0.2, 0.25) is 15.9 Å². The van der Waals surface area contributed by atoms with Crippen LogP contribution in [0.15, 0.2) is 82.6 Å². The summed E-state index contributed by atoms with van der Waals surface area (Å²) in [7, 11) is -6.62. The van der Waals surface area contributed by atoms with Crippen LogP contribution < -0.4 is 9.04 Å². The van der Waals surface area contributed by atoms with Crippen molar-refractivity contribution >= 4 is 31.6 Å². The molecule has 0 spiro atoms. The zero-order valence-electron chi connectivity index (χ0n) is 20.9. The van der Waals surface area contributed by atoms with Crippen molar-refractivity contribution in [2.75, 3.05) is 44.1 Å². The summed E-state index contributed by atoms with van der Waals surface area (Å²) in [6.45, 7) is 1.44. The van der Waals surface area contributed by atoms with Crippen molar-refractivity contribution in [1.29, 1.82) is 0 Å². The van der Waals surface area contributed by atoms with Crippen molar-refractivity contribution < 1.29 is 30.8 Å². The minimum absolute atomic E-state index is 0.0485. The zero-order valence-corrected chi connectivity index (χ0v) is 22.6. The molecule has 1 saturated heterocycles. The Morgan fingerprint density at radius 1 is 0.868 bits per heavy atom. The second-order valence-corrected chi connectivity index (χ2v) is 12.5. The maximum atomic E-state index is 14.7. The molecule has 1 fully saturated rings. The van der Waals surface area contributed by atoms with E-state index in [-0.39, 0.29) is 41.7 Å². The van der Waals surface area contributed by atoms with E-state index in [9.17, 15) is 26.0 Å². The van der Waals surface area contributed by atoms with Crippen LogP contribution in [0.1, 0.15) is 5.56 Å². The lowest BCUT2D eigenvalue weighted by atomic mass is 10.2. The van der Waals surface area contributed by atoms with Gasteiger partial charge in [-0.1, -0.05) is 29.8 Å². The van der Waals surface area contributed by atoms with E-state index in [1.165, 1.54) is 58.8 Å². The highest BCUT2D eigenvalue weighted by molar-refractivity contribution is 7.92. The molecule has 202 valence electrons. The fraction of sp³-hybridized carbons (Fsp3) is 0.269. The Morgan fingerprint density at radius 3 is 2.03 bits per heavy atom. The van der Waals surface area contributed by atoms with Crippen molar-refractivity contribution in [3.63, 3.8) is 0 Å². The van der Waals surface area contributed by atoms with Gasteiger partial charge < -0.3 is 9.64 Å². The smallest absolute Gasteiger partial charge is 0.264 e. The van der Waals surface area contributed by atoms with Gasteiger partial charge in [-0.15, -0.1) is 0 Å². The van der Waals surface area contributed by atoms with E-state index in [4.69, 9.17) is 4.74 Å². The van der Waals surface area contributed by atoms with Gasteiger partial charge in [-0.05, 0) is 55.5 Å². The summed E-state index contributed by atoms with van der Waals surface area (Å²) in [4.78, 5) is 14.7. The average molecular weight is 562 g/mol. The number of piperazine rings is 1. The maximum Gasteiger partial charge on any atom is 0.264 e. The van der Waals surface area contributed by atoms with Crippen LogP contribution in [0, 0.1) is 12.7 Å². The number of para-hydroxylation sites is 1. The van der Waals surface area contributed by atoms with Gasteiger partial charge in [0.15, 0.2) is 0 Å². The molecule has 0 aliphatic carbocycles. The summed E-state index contributed by atoms with van der Waals surface area (Å²) >= 11 is 0. The first-order chi connectivity index (χ1) is 18.0. The van der Waals surface area contributed by atoms with Gasteiger partial charge in [-0.2, -0.15) is 4.31 Å². The average Bonchev–Trinajstić information content (AvgIpc) is 2.92. The SMILES string of the molecule is COc1ccc(S(=O)(=O)N(CC(=O)N2CCN(S(=O)(=O)c3ccc(C)cc3)CC2)c2ccccc2F)cc1. The number of aryl methyl sites for hydroxylation is 1. The predicted molar refractivity (Wildman–Crippen MR) is 140 cm³/mol. The molecule has 9 nitrogen and oxygen atoms in total. The molecule has 0 aromatic heterocycles.